The standard InChI is InChI=1S/C23H28Cl2N2O3/c1-4-21(23(29)26-13-16(2)3)27(14-18-19(24)11-8-12-20(18)25)22(28)15-30-17-9-6-5-7-10-17/h5-12,16,21H,4,13-15H2,1-3H3,(H,26,29)/t21-/m0/s1. The van der Waals surface area contributed by atoms with Crippen molar-refractivity contribution in [2.24, 2.45) is 5.92 Å². The maximum Gasteiger partial charge on any atom is 0.261 e. The van der Waals surface area contributed by atoms with Crippen LogP contribution in [0.4, 0.5) is 0 Å². The van der Waals surface area contributed by atoms with Gasteiger partial charge in [-0.1, -0.05) is 68.2 Å². The number of para-hydroxylation sites is 1. The Hall–Kier alpha value is -2.24. The highest BCUT2D eigenvalue weighted by molar-refractivity contribution is 6.36. The van der Waals surface area contributed by atoms with Crippen LogP contribution in [0.25, 0.3) is 0 Å². The maximum atomic E-state index is 13.1. The summed E-state index contributed by atoms with van der Waals surface area (Å²) in [5.41, 5.74) is 0.601. The van der Waals surface area contributed by atoms with Gasteiger partial charge in [-0.2, -0.15) is 0 Å². The zero-order chi connectivity index (χ0) is 22.1. The van der Waals surface area contributed by atoms with E-state index in [0.717, 1.165) is 0 Å². The van der Waals surface area contributed by atoms with Crippen molar-refractivity contribution in [1.82, 2.24) is 10.2 Å². The highest BCUT2D eigenvalue weighted by Crippen LogP contribution is 2.27. The molecule has 30 heavy (non-hydrogen) atoms. The Kier molecular flexibility index (Phi) is 9.47. The Balaban J connectivity index is 2.25. The number of benzene rings is 2. The fourth-order valence-electron chi connectivity index (χ4n) is 2.94. The monoisotopic (exact) mass is 450 g/mol. The minimum atomic E-state index is -0.664. The minimum Gasteiger partial charge on any atom is -0.484 e. The van der Waals surface area contributed by atoms with Crippen molar-refractivity contribution in [1.29, 1.82) is 0 Å². The van der Waals surface area contributed by atoms with Gasteiger partial charge in [-0.3, -0.25) is 9.59 Å². The molecule has 1 atom stereocenters. The summed E-state index contributed by atoms with van der Waals surface area (Å²) in [5.74, 6) is 0.359. The lowest BCUT2D eigenvalue weighted by Gasteiger charge is -2.31. The summed E-state index contributed by atoms with van der Waals surface area (Å²) in [7, 11) is 0. The minimum absolute atomic E-state index is 0.114. The summed E-state index contributed by atoms with van der Waals surface area (Å²) in [4.78, 5) is 27.5. The van der Waals surface area contributed by atoms with Gasteiger partial charge in [-0.05, 0) is 36.6 Å². The number of hydrogen-bond donors (Lipinski definition) is 1. The molecule has 5 nitrogen and oxygen atoms in total. The number of rotatable bonds is 10. The fraction of sp³-hybridized carbons (Fsp3) is 0.391. The number of hydrogen-bond acceptors (Lipinski definition) is 3. The van der Waals surface area contributed by atoms with Gasteiger partial charge in [0.25, 0.3) is 5.91 Å². The van der Waals surface area contributed by atoms with Crippen molar-refractivity contribution in [3.63, 3.8) is 0 Å². The first-order chi connectivity index (χ1) is 14.3. The van der Waals surface area contributed by atoms with E-state index in [0.29, 0.717) is 40.2 Å². The van der Waals surface area contributed by atoms with Gasteiger partial charge in [0.15, 0.2) is 6.61 Å². The number of nitrogens with zero attached hydrogens (tertiary/aromatic N) is 1. The molecule has 0 saturated carbocycles. The Morgan fingerprint density at radius 3 is 2.23 bits per heavy atom. The van der Waals surface area contributed by atoms with Crippen LogP contribution in [0.1, 0.15) is 32.8 Å². The Labute approximate surface area is 188 Å². The van der Waals surface area contributed by atoms with Gasteiger partial charge >= 0.3 is 0 Å². The summed E-state index contributed by atoms with van der Waals surface area (Å²) in [6.07, 6.45) is 0.447. The average molecular weight is 451 g/mol. The Bertz CT molecular complexity index is 823. The van der Waals surface area contributed by atoms with E-state index in [1.165, 1.54) is 4.90 Å². The van der Waals surface area contributed by atoms with E-state index in [1.807, 2.05) is 39.0 Å². The lowest BCUT2D eigenvalue weighted by atomic mass is 10.1. The summed E-state index contributed by atoms with van der Waals surface area (Å²) in [6, 6.07) is 13.6. The SMILES string of the molecule is CC[C@@H](C(=O)NCC(C)C)N(Cc1c(Cl)cccc1Cl)C(=O)COc1ccccc1. The Morgan fingerprint density at radius 1 is 1.03 bits per heavy atom. The second-order valence-electron chi connectivity index (χ2n) is 7.39. The van der Waals surface area contributed by atoms with E-state index >= 15 is 0 Å². The molecular formula is C23H28Cl2N2O3. The third-order valence-electron chi connectivity index (χ3n) is 4.57. The molecule has 0 heterocycles. The first-order valence-corrected chi connectivity index (χ1v) is 10.8. The van der Waals surface area contributed by atoms with Gasteiger partial charge < -0.3 is 15.0 Å². The van der Waals surface area contributed by atoms with Crippen LogP contribution in [0.5, 0.6) is 5.75 Å². The molecule has 1 N–H and O–H groups in total. The number of carbonyl (C=O) groups is 2. The molecule has 0 radical (unpaired) electrons. The number of carbonyl (C=O) groups excluding carboxylic acids is 2. The molecule has 2 aromatic carbocycles. The van der Waals surface area contributed by atoms with E-state index < -0.39 is 6.04 Å². The second kappa shape index (κ2) is 11.8. The van der Waals surface area contributed by atoms with Crippen molar-refractivity contribution in [2.45, 2.75) is 39.8 Å². The summed E-state index contributed by atoms with van der Waals surface area (Å²) < 4.78 is 5.63. The topological polar surface area (TPSA) is 58.6 Å². The molecule has 162 valence electrons. The van der Waals surface area contributed by atoms with Crippen LogP contribution in [-0.2, 0) is 16.1 Å². The number of nitrogens with one attached hydrogen (secondary N) is 1. The molecule has 0 unspecified atom stereocenters. The molecule has 2 aromatic rings. The quantitative estimate of drug-likeness (QED) is 0.556. The molecule has 0 aliphatic rings. The highest BCUT2D eigenvalue weighted by atomic mass is 35.5. The molecule has 0 aromatic heterocycles. The number of amides is 2. The van der Waals surface area contributed by atoms with E-state index in [9.17, 15) is 9.59 Å². The zero-order valence-electron chi connectivity index (χ0n) is 17.5. The third-order valence-corrected chi connectivity index (χ3v) is 5.27. The van der Waals surface area contributed by atoms with Gasteiger partial charge in [0.05, 0.1) is 0 Å². The van der Waals surface area contributed by atoms with E-state index in [4.69, 9.17) is 27.9 Å². The number of halogens is 2. The number of ether oxygens (including phenoxy) is 1. The molecule has 0 bridgehead atoms. The molecule has 0 spiro atoms. The molecule has 2 rings (SSSR count). The van der Waals surface area contributed by atoms with Gasteiger partial charge in [0.1, 0.15) is 11.8 Å². The van der Waals surface area contributed by atoms with Crippen molar-refractivity contribution < 1.29 is 14.3 Å². The summed E-state index contributed by atoms with van der Waals surface area (Å²) >= 11 is 12.7. The maximum absolute atomic E-state index is 13.1. The molecule has 0 fully saturated rings. The summed E-state index contributed by atoms with van der Waals surface area (Å²) in [5, 5.41) is 3.81. The van der Waals surface area contributed by atoms with Gasteiger partial charge in [-0.25, -0.2) is 0 Å². The largest absolute Gasteiger partial charge is 0.484 e. The molecular weight excluding hydrogens is 423 g/mol. The smallest absolute Gasteiger partial charge is 0.261 e. The normalized spacial score (nSPS) is 11.8. The summed E-state index contributed by atoms with van der Waals surface area (Å²) in [6.45, 7) is 6.35. The van der Waals surface area contributed by atoms with Crippen molar-refractivity contribution >= 4 is 35.0 Å². The van der Waals surface area contributed by atoms with E-state index in [-0.39, 0.29) is 25.0 Å². The van der Waals surface area contributed by atoms with Crippen molar-refractivity contribution in [3.05, 3.63) is 64.1 Å². The molecule has 0 saturated heterocycles. The molecule has 0 aliphatic carbocycles. The highest BCUT2D eigenvalue weighted by Gasteiger charge is 2.30. The van der Waals surface area contributed by atoms with Crippen LogP contribution < -0.4 is 10.1 Å². The Morgan fingerprint density at radius 2 is 1.67 bits per heavy atom. The van der Waals surface area contributed by atoms with Gasteiger partial charge in [0.2, 0.25) is 5.91 Å². The lowest BCUT2D eigenvalue weighted by molar-refractivity contribution is -0.143. The van der Waals surface area contributed by atoms with Crippen LogP contribution in [0.3, 0.4) is 0 Å². The van der Waals surface area contributed by atoms with Crippen molar-refractivity contribution in [2.75, 3.05) is 13.2 Å². The third kappa shape index (κ3) is 6.92. The van der Waals surface area contributed by atoms with E-state index in [1.54, 1.807) is 30.3 Å². The predicted octanol–water partition coefficient (Wildman–Crippen LogP) is 4.95. The first-order valence-electron chi connectivity index (χ1n) is 10.0. The van der Waals surface area contributed by atoms with E-state index in [2.05, 4.69) is 5.32 Å². The average Bonchev–Trinajstić information content (AvgIpc) is 2.73. The fourth-order valence-corrected chi connectivity index (χ4v) is 3.46. The molecule has 7 heteroatoms. The van der Waals surface area contributed by atoms with Crippen LogP contribution in [-0.4, -0.2) is 35.9 Å². The van der Waals surface area contributed by atoms with Crippen LogP contribution >= 0.6 is 23.2 Å². The van der Waals surface area contributed by atoms with Gasteiger partial charge in [-0.15, -0.1) is 0 Å². The lowest BCUT2D eigenvalue weighted by Crippen LogP contribution is -2.50. The first kappa shape index (κ1) is 24.0. The molecule has 2 amide bonds. The van der Waals surface area contributed by atoms with Crippen LogP contribution in [0.15, 0.2) is 48.5 Å². The second-order valence-corrected chi connectivity index (χ2v) is 8.20. The van der Waals surface area contributed by atoms with Crippen LogP contribution in [0, 0.1) is 5.92 Å². The zero-order valence-corrected chi connectivity index (χ0v) is 19.0. The van der Waals surface area contributed by atoms with Crippen molar-refractivity contribution in [3.8, 4) is 5.75 Å². The van der Waals surface area contributed by atoms with Crippen LogP contribution in [0.2, 0.25) is 10.0 Å². The molecule has 0 aliphatic heterocycles. The predicted molar refractivity (Wildman–Crippen MR) is 121 cm³/mol. The van der Waals surface area contributed by atoms with Gasteiger partial charge in [0, 0.05) is 28.7 Å².